The normalized spacial score (nSPS) is 11.7. The Hall–Kier alpha value is -1.86. The number of hydrogen-bond donors (Lipinski definition) is 4. The lowest BCUT2D eigenvalue weighted by molar-refractivity contribution is -0.146. The molecule has 0 aromatic heterocycles. The van der Waals surface area contributed by atoms with Gasteiger partial charge in [0.1, 0.15) is 5.82 Å². The van der Waals surface area contributed by atoms with Crippen LogP contribution in [0.15, 0.2) is 18.2 Å². The van der Waals surface area contributed by atoms with Gasteiger partial charge >= 0.3 is 12.0 Å². The highest BCUT2D eigenvalue weighted by molar-refractivity contribution is 6.33. The van der Waals surface area contributed by atoms with E-state index in [0.29, 0.717) is 0 Å². The Balaban J connectivity index is 2.41. The Morgan fingerprint density at radius 1 is 1.42 bits per heavy atom. The number of aliphatic hydroxyl groups is 1. The standard InChI is InChI=1S/C11H12ClFN2O4/c12-7-5-6(13)1-2-8(7)15-11(19)14-4-3-9(16)10(17)18/h1-2,5,9,16H,3-4H2,(H,17,18)(H2,14,15,19)/t9-/m0/s1. The molecule has 8 heteroatoms. The van der Waals surface area contributed by atoms with Gasteiger partial charge in [-0.1, -0.05) is 11.6 Å². The van der Waals surface area contributed by atoms with Crippen LogP contribution in [0.25, 0.3) is 0 Å². The van der Waals surface area contributed by atoms with E-state index in [0.717, 1.165) is 12.1 Å². The fourth-order valence-electron chi connectivity index (χ4n) is 1.20. The smallest absolute Gasteiger partial charge is 0.332 e. The quantitative estimate of drug-likeness (QED) is 0.659. The second kappa shape index (κ2) is 6.91. The highest BCUT2D eigenvalue weighted by atomic mass is 35.5. The number of amides is 2. The van der Waals surface area contributed by atoms with Gasteiger partial charge in [0.15, 0.2) is 6.10 Å². The number of aliphatic carboxylic acids is 1. The molecule has 6 nitrogen and oxygen atoms in total. The molecule has 1 aromatic rings. The first kappa shape index (κ1) is 15.2. The SMILES string of the molecule is O=C(NCC[C@H](O)C(=O)O)Nc1ccc(F)cc1Cl. The van der Waals surface area contributed by atoms with Crippen molar-refractivity contribution in [3.8, 4) is 0 Å². The highest BCUT2D eigenvalue weighted by Gasteiger charge is 2.13. The minimum Gasteiger partial charge on any atom is -0.479 e. The van der Waals surface area contributed by atoms with Crippen molar-refractivity contribution in [2.24, 2.45) is 0 Å². The predicted molar refractivity (Wildman–Crippen MR) is 66.7 cm³/mol. The summed E-state index contributed by atoms with van der Waals surface area (Å²) in [5.41, 5.74) is 0.222. The van der Waals surface area contributed by atoms with E-state index in [2.05, 4.69) is 10.6 Å². The number of benzene rings is 1. The van der Waals surface area contributed by atoms with E-state index in [1.54, 1.807) is 0 Å². The van der Waals surface area contributed by atoms with Crippen LogP contribution in [0, 0.1) is 5.82 Å². The fraction of sp³-hybridized carbons (Fsp3) is 0.273. The van der Waals surface area contributed by atoms with Crippen LogP contribution in [-0.4, -0.2) is 34.9 Å². The van der Waals surface area contributed by atoms with E-state index in [1.807, 2.05) is 0 Å². The molecule has 1 atom stereocenters. The summed E-state index contributed by atoms with van der Waals surface area (Å²) in [7, 11) is 0. The van der Waals surface area contributed by atoms with Gasteiger partial charge in [-0.2, -0.15) is 0 Å². The molecule has 19 heavy (non-hydrogen) atoms. The maximum absolute atomic E-state index is 12.8. The van der Waals surface area contributed by atoms with Crippen LogP contribution in [0.2, 0.25) is 5.02 Å². The van der Waals surface area contributed by atoms with Crippen molar-refractivity contribution in [2.75, 3.05) is 11.9 Å². The minimum atomic E-state index is -1.53. The molecule has 0 unspecified atom stereocenters. The van der Waals surface area contributed by atoms with Crippen LogP contribution in [0.3, 0.4) is 0 Å². The highest BCUT2D eigenvalue weighted by Crippen LogP contribution is 2.22. The summed E-state index contributed by atoms with van der Waals surface area (Å²) in [6.45, 7) is -0.0296. The Morgan fingerprint density at radius 3 is 2.68 bits per heavy atom. The number of halogens is 2. The van der Waals surface area contributed by atoms with Gasteiger partial charge in [-0.3, -0.25) is 0 Å². The zero-order valence-electron chi connectivity index (χ0n) is 9.69. The molecule has 104 valence electrons. The van der Waals surface area contributed by atoms with Crippen molar-refractivity contribution in [1.29, 1.82) is 0 Å². The van der Waals surface area contributed by atoms with Crippen LogP contribution in [0.4, 0.5) is 14.9 Å². The third-order valence-electron chi connectivity index (χ3n) is 2.17. The van der Waals surface area contributed by atoms with Crippen LogP contribution in [0.5, 0.6) is 0 Å². The maximum Gasteiger partial charge on any atom is 0.332 e. The van der Waals surface area contributed by atoms with Crippen molar-refractivity contribution in [3.05, 3.63) is 29.0 Å². The van der Waals surface area contributed by atoms with Crippen molar-refractivity contribution >= 4 is 29.3 Å². The number of carbonyl (C=O) groups excluding carboxylic acids is 1. The summed E-state index contributed by atoms with van der Waals surface area (Å²) in [6.07, 6.45) is -1.66. The predicted octanol–water partition coefficient (Wildman–Crippen LogP) is 1.44. The van der Waals surface area contributed by atoms with Gasteiger partial charge < -0.3 is 20.8 Å². The molecule has 0 aliphatic heterocycles. The van der Waals surface area contributed by atoms with Crippen molar-refractivity contribution in [3.63, 3.8) is 0 Å². The number of rotatable bonds is 5. The largest absolute Gasteiger partial charge is 0.479 e. The van der Waals surface area contributed by atoms with E-state index in [9.17, 15) is 14.0 Å². The minimum absolute atomic E-state index is 0.0296. The van der Waals surface area contributed by atoms with Gasteiger partial charge in [0.2, 0.25) is 0 Å². The van der Waals surface area contributed by atoms with E-state index < -0.39 is 23.9 Å². The van der Waals surface area contributed by atoms with E-state index in [4.69, 9.17) is 21.8 Å². The molecule has 4 N–H and O–H groups in total. The number of carboxylic acid groups (broad SMARTS) is 1. The second-order valence-corrected chi connectivity index (χ2v) is 4.05. The molecule has 0 saturated carbocycles. The first-order valence-corrected chi connectivity index (χ1v) is 5.68. The summed E-state index contributed by atoms with van der Waals surface area (Å²) in [6, 6.07) is 2.84. The third-order valence-corrected chi connectivity index (χ3v) is 2.48. The van der Waals surface area contributed by atoms with Crippen LogP contribution in [0.1, 0.15) is 6.42 Å². The molecule has 1 aromatic carbocycles. The van der Waals surface area contributed by atoms with E-state index in [1.165, 1.54) is 6.07 Å². The van der Waals surface area contributed by atoms with Crippen molar-refractivity contribution in [1.82, 2.24) is 5.32 Å². The molecule has 0 bridgehead atoms. The zero-order valence-corrected chi connectivity index (χ0v) is 10.4. The molecule has 0 aliphatic rings. The topological polar surface area (TPSA) is 98.7 Å². The van der Waals surface area contributed by atoms with Gasteiger partial charge in [0.05, 0.1) is 10.7 Å². The molecule has 0 heterocycles. The van der Waals surface area contributed by atoms with Crippen LogP contribution < -0.4 is 10.6 Å². The number of nitrogens with one attached hydrogen (secondary N) is 2. The monoisotopic (exact) mass is 290 g/mol. The molecule has 1 rings (SSSR count). The number of urea groups is 1. The van der Waals surface area contributed by atoms with Gasteiger partial charge in [-0.05, 0) is 18.2 Å². The molecule has 0 saturated heterocycles. The molecular weight excluding hydrogens is 279 g/mol. The molecular formula is C11H12ClFN2O4. The molecule has 0 radical (unpaired) electrons. The number of aliphatic hydroxyl groups excluding tert-OH is 1. The number of hydrogen-bond acceptors (Lipinski definition) is 3. The summed E-state index contributed by atoms with van der Waals surface area (Å²) in [4.78, 5) is 21.7. The molecule has 2 amide bonds. The van der Waals surface area contributed by atoms with Crippen LogP contribution in [-0.2, 0) is 4.79 Å². The van der Waals surface area contributed by atoms with E-state index >= 15 is 0 Å². The summed E-state index contributed by atoms with van der Waals surface area (Å²) < 4.78 is 12.8. The maximum atomic E-state index is 12.8. The summed E-state index contributed by atoms with van der Waals surface area (Å²) in [5, 5.41) is 22.1. The van der Waals surface area contributed by atoms with E-state index in [-0.39, 0.29) is 23.7 Å². The molecule has 0 spiro atoms. The molecule has 0 aliphatic carbocycles. The summed E-state index contributed by atoms with van der Waals surface area (Å²) >= 11 is 5.70. The average Bonchev–Trinajstić information content (AvgIpc) is 2.32. The third kappa shape index (κ3) is 5.11. The van der Waals surface area contributed by atoms with Gasteiger partial charge in [0, 0.05) is 13.0 Å². The first-order chi connectivity index (χ1) is 8.90. The summed E-state index contributed by atoms with van der Waals surface area (Å²) in [5.74, 6) is -1.88. The fourth-order valence-corrected chi connectivity index (χ4v) is 1.42. The molecule has 0 fully saturated rings. The Morgan fingerprint density at radius 2 is 2.11 bits per heavy atom. The second-order valence-electron chi connectivity index (χ2n) is 3.65. The lowest BCUT2D eigenvalue weighted by Gasteiger charge is -2.10. The Kier molecular flexibility index (Phi) is 5.53. The van der Waals surface area contributed by atoms with Gasteiger partial charge in [0.25, 0.3) is 0 Å². The van der Waals surface area contributed by atoms with Crippen molar-refractivity contribution in [2.45, 2.75) is 12.5 Å². The van der Waals surface area contributed by atoms with Gasteiger partial charge in [-0.15, -0.1) is 0 Å². The Bertz CT molecular complexity index is 484. The average molecular weight is 291 g/mol. The van der Waals surface area contributed by atoms with Crippen molar-refractivity contribution < 1.29 is 24.2 Å². The number of carboxylic acids is 1. The lowest BCUT2D eigenvalue weighted by atomic mass is 10.2. The number of anilines is 1. The van der Waals surface area contributed by atoms with Gasteiger partial charge in [-0.25, -0.2) is 14.0 Å². The lowest BCUT2D eigenvalue weighted by Crippen LogP contribution is -2.33. The Labute approximate surface area is 113 Å². The van der Waals surface area contributed by atoms with Crippen LogP contribution >= 0.6 is 11.6 Å². The zero-order chi connectivity index (χ0) is 14.4. The number of carbonyl (C=O) groups is 2. The first-order valence-electron chi connectivity index (χ1n) is 5.31.